The number of hydrogen-bond acceptors (Lipinski definition) is 3. The van der Waals surface area contributed by atoms with Crippen LogP contribution < -0.4 is 5.73 Å². The molecule has 0 aromatic carbocycles. The lowest BCUT2D eigenvalue weighted by Gasteiger charge is -2.10. The van der Waals surface area contributed by atoms with Gasteiger partial charge >= 0.3 is 5.97 Å². The van der Waals surface area contributed by atoms with Crippen molar-refractivity contribution >= 4 is 17.6 Å². The predicted molar refractivity (Wildman–Crippen MR) is 49.1 cm³/mol. The molecule has 0 unspecified atom stereocenters. The van der Waals surface area contributed by atoms with E-state index >= 15 is 0 Å². The minimum atomic E-state index is -2.83. The van der Waals surface area contributed by atoms with Crippen LogP contribution in [0.2, 0.25) is 5.15 Å². The summed E-state index contributed by atoms with van der Waals surface area (Å²) in [6.07, 6.45) is -1.99. The molecule has 0 radical (unpaired) electrons. The molecule has 0 spiro atoms. The number of nitrogens with two attached hydrogens (primary N) is 1. The van der Waals surface area contributed by atoms with Gasteiger partial charge in [0.2, 0.25) is 0 Å². The lowest BCUT2D eigenvalue weighted by atomic mass is 10.0. The number of carboxylic acids is 1. The third-order valence-corrected chi connectivity index (χ3v) is 2.11. The van der Waals surface area contributed by atoms with E-state index in [1.165, 1.54) is 0 Å². The molecule has 0 aliphatic rings. The normalized spacial score (nSPS) is 10.7. The number of pyridine rings is 1. The van der Waals surface area contributed by atoms with Crippen LogP contribution in [0.3, 0.4) is 0 Å². The van der Waals surface area contributed by atoms with Crippen molar-refractivity contribution in [2.45, 2.75) is 13.0 Å². The van der Waals surface area contributed by atoms with Gasteiger partial charge < -0.3 is 10.8 Å². The zero-order chi connectivity index (χ0) is 11.6. The Morgan fingerprint density at radius 3 is 2.67 bits per heavy atom. The number of halogens is 3. The molecule has 1 heterocycles. The first-order valence-corrected chi connectivity index (χ1v) is 4.25. The first-order valence-electron chi connectivity index (χ1n) is 3.87. The van der Waals surface area contributed by atoms with Gasteiger partial charge in [-0.1, -0.05) is 11.6 Å². The average molecular weight is 237 g/mol. The van der Waals surface area contributed by atoms with E-state index in [4.69, 9.17) is 22.4 Å². The molecule has 0 bridgehead atoms. The maximum Gasteiger partial charge on any atom is 0.339 e. The molecule has 0 fully saturated rings. The standard InChI is InChI=1S/C8H7ClF2N2O2/c9-6-5(8(14)15)3(1-12)4(2-13-6)7(10)11/h2,7H,1,12H2,(H,14,15). The Kier molecular flexibility index (Phi) is 3.54. The molecule has 3 N–H and O–H groups in total. The van der Waals surface area contributed by atoms with Crippen LogP contribution in [0, 0.1) is 0 Å². The summed E-state index contributed by atoms with van der Waals surface area (Å²) in [7, 11) is 0. The van der Waals surface area contributed by atoms with E-state index in [0.29, 0.717) is 0 Å². The van der Waals surface area contributed by atoms with Crippen LogP contribution in [-0.4, -0.2) is 16.1 Å². The van der Waals surface area contributed by atoms with Crippen molar-refractivity contribution in [3.8, 4) is 0 Å². The zero-order valence-corrected chi connectivity index (χ0v) is 8.13. The largest absolute Gasteiger partial charge is 0.478 e. The second kappa shape index (κ2) is 4.50. The molecular weight excluding hydrogens is 230 g/mol. The molecule has 0 saturated heterocycles. The summed E-state index contributed by atoms with van der Waals surface area (Å²) < 4.78 is 24.9. The van der Waals surface area contributed by atoms with Crippen molar-refractivity contribution in [1.29, 1.82) is 0 Å². The highest BCUT2D eigenvalue weighted by molar-refractivity contribution is 6.32. The molecule has 0 aliphatic heterocycles. The fourth-order valence-corrected chi connectivity index (χ4v) is 1.41. The van der Waals surface area contributed by atoms with E-state index in [1.807, 2.05) is 0 Å². The SMILES string of the molecule is NCc1c(C(F)F)cnc(Cl)c1C(=O)O. The Hall–Kier alpha value is -1.27. The molecule has 1 rings (SSSR count). The van der Waals surface area contributed by atoms with Gasteiger partial charge in [0.05, 0.1) is 0 Å². The van der Waals surface area contributed by atoms with Crippen LogP contribution in [0.15, 0.2) is 6.20 Å². The number of alkyl halides is 2. The summed E-state index contributed by atoms with van der Waals surface area (Å²) in [6, 6.07) is 0. The predicted octanol–water partition coefficient (Wildman–Crippen LogP) is 1.83. The van der Waals surface area contributed by atoms with Crippen LogP contribution in [0.25, 0.3) is 0 Å². The molecule has 82 valence electrons. The van der Waals surface area contributed by atoms with Crippen LogP contribution in [-0.2, 0) is 6.54 Å². The molecule has 7 heteroatoms. The Bertz CT molecular complexity index is 398. The van der Waals surface area contributed by atoms with Crippen molar-refractivity contribution in [2.75, 3.05) is 0 Å². The van der Waals surface area contributed by atoms with Crippen molar-refractivity contribution in [1.82, 2.24) is 4.98 Å². The third kappa shape index (κ3) is 2.21. The van der Waals surface area contributed by atoms with Gasteiger partial charge in [-0.3, -0.25) is 0 Å². The van der Waals surface area contributed by atoms with Gasteiger partial charge in [0.1, 0.15) is 10.7 Å². The van der Waals surface area contributed by atoms with Crippen LogP contribution in [0.4, 0.5) is 8.78 Å². The molecule has 0 atom stereocenters. The summed E-state index contributed by atoms with van der Waals surface area (Å²) in [5.74, 6) is -1.42. The third-order valence-electron chi connectivity index (χ3n) is 1.83. The number of rotatable bonds is 3. The monoisotopic (exact) mass is 236 g/mol. The second-order valence-electron chi connectivity index (χ2n) is 2.67. The summed E-state index contributed by atoms with van der Waals surface area (Å²) in [4.78, 5) is 14.1. The Balaban J connectivity index is 3.47. The van der Waals surface area contributed by atoms with Gasteiger partial charge in [-0.05, 0) is 5.56 Å². The van der Waals surface area contributed by atoms with E-state index in [0.717, 1.165) is 6.20 Å². The molecule has 0 saturated carbocycles. The first kappa shape index (κ1) is 11.8. The minimum Gasteiger partial charge on any atom is -0.478 e. The highest BCUT2D eigenvalue weighted by Crippen LogP contribution is 2.27. The lowest BCUT2D eigenvalue weighted by Crippen LogP contribution is -2.12. The Labute approximate surface area is 88.7 Å². The Morgan fingerprint density at radius 2 is 2.27 bits per heavy atom. The molecule has 15 heavy (non-hydrogen) atoms. The van der Waals surface area contributed by atoms with E-state index in [-0.39, 0.29) is 17.3 Å². The van der Waals surface area contributed by atoms with E-state index < -0.39 is 23.5 Å². The first-order chi connectivity index (χ1) is 6.99. The van der Waals surface area contributed by atoms with Crippen LogP contribution in [0.1, 0.15) is 27.9 Å². The summed E-state index contributed by atoms with van der Waals surface area (Å²) in [6.45, 7) is -0.330. The van der Waals surface area contributed by atoms with Gasteiger partial charge in [0.15, 0.2) is 0 Å². The Morgan fingerprint density at radius 1 is 1.67 bits per heavy atom. The highest BCUT2D eigenvalue weighted by Gasteiger charge is 2.22. The molecule has 0 aliphatic carbocycles. The maximum atomic E-state index is 12.5. The topological polar surface area (TPSA) is 76.2 Å². The van der Waals surface area contributed by atoms with Crippen LogP contribution in [0.5, 0.6) is 0 Å². The number of hydrogen-bond donors (Lipinski definition) is 2. The smallest absolute Gasteiger partial charge is 0.339 e. The van der Waals surface area contributed by atoms with Gasteiger partial charge in [0, 0.05) is 18.3 Å². The number of aromatic nitrogens is 1. The highest BCUT2D eigenvalue weighted by atomic mass is 35.5. The second-order valence-corrected chi connectivity index (χ2v) is 3.03. The van der Waals surface area contributed by atoms with Gasteiger partial charge in [-0.15, -0.1) is 0 Å². The molecule has 1 aromatic rings. The quantitative estimate of drug-likeness (QED) is 0.785. The zero-order valence-electron chi connectivity index (χ0n) is 7.38. The fraction of sp³-hybridized carbons (Fsp3) is 0.250. The summed E-state index contributed by atoms with van der Waals surface area (Å²) >= 11 is 5.49. The van der Waals surface area contributed by atoms with Crippen molar-refractivity contribution in [3.63, 3.8) is 0 Å². The molecule has 1 aromatic heterocycles. The minimum absolute atomic E-state index is 0.183. The lowest BCUT2D eigenvalue weighted by molar-refractivity contribution is 0.0694. The number of carboxylic acid groups (broad SMARTS) is 1. The number of aromatic carboxylic acids is 1. The van der Waals surface area contributed by atoms with Gasteiger partial charge in [-0.2, -0.15) is 0 Å². The maximum absolute atomic E-state index is 12.5. The van der Waals surface area contributed by atoms with E-state index in [2.05, 4.69) is 4.98 Å². The van der Waals surface area contributed by atoms with Gasteiger partial charge in [0.25, 0.3) is 6.43 Å². The van der Waals surface area contributed by atoms with Crippen molar-refractivity contribution < 1.29 is 18.7 Å². The van der Waals surface area contributed by atoms with Crippen molar-refractivity contribution in [3.05, 3.63) is 28.0 Å². The van der Waals surface area contributed by atoms with Crippen LogP contribution >= 0.6 is 11.6 Å². The van der Waals surface area contributed by atoms with E-state index in [1.54, 1.807) is 0 Å². The average Bonchev–Trinajstić information content (AvgIpc) is 2.15. The molecule has 4 nitrogen and oxygen atoms in total. The summed E-state index contributed by atoms with van der Waals surface area (Å²) in [5.41, 5.74) is 4.07. The fourth-order valence-electron chi connectivity index (χ4n) is 1.16. The molecule has 0 amide bonds. The summed E-state index contributed by atoms with van der Waals surface area (Å²) in [5, 5.41) is 8.42. The number of nitrogens with zero attached hydrogens (tertiary/aromatic N) is 1. The molecular formula is C8H7ClF2N2O2. The van der Waals surface area contributed by atoms with Gasteiger partial charge in [-0.25, -0.2) is 18.6 Å². The van der Waals surface area contributed by atoms with Crippen molar-refractivity contribution in [2.24, 2.45) is 5.73 Å². The number of carbonyl (C=O) groups is 1. The van der Waals surface area contributed by atoms with E-state index in [9.17, 15) is 13.6 Å².